The number of phenols is 1. The summed E-state index contributed by atoms with van der Waals surface area (Å²) in [6.45, 7) is 5.29. The molecule has 58 heavy (non-hydrogen) atoms. The fraction of sp³-hybridized carbons (Fsp3) is 0.213. The second-order valence-electron chi connectivity index (χ2n) is 14.6. The summed E-state index contributed by atoms with van der Waals surface area (Å²) in [5.74, 6) is 1.20. The molecule has 2 atom stereocenters. The summed E-state index contributed by atoms with van der Waals surface area (Å²) in [7, 11) is 0. The van der Waals surface area contributed by atoms with Crippen molar-refractivity contribution in [1.82, 2.24) is 15.2 Å². The number of halogens is 2. The Morgan fingerprint density at radius 3 is 2.43 bits per heavy atom. The van der Waals surface area contributed by atoms with Crippen LogP contribution < -0.4 is 19.5 Å². The van der Waals surface area contributed by atoms with Crippen LogP contribution in [0.4, 0.5) is 0 Å². The van der Waals surface area contributed by atoms with Gasteiger partial charge in [-0.15, -0.1) is 0 Å². The van der Waals surface area contributed by atoms with Gasteiger partial charge >= 0.3 is 0 Å². The number of rotatable bonds is 10. The van der Waals surface area contributed by atoms with Crippen LogP contribution in [0.3, 0.4) is 0 Å². The number of nitrogens with zero attached hydrogens (tertiary/aromatic N) is 2. The summed E-state index contributed by atoms with van der Waals surface area (Å²) in [6, 6.07) is 32.7. The highest BCUT2D eigenvalue weighted by atomic mass is 35.5. The Bertz CT molecular complexity index is 2490. The van der Waals surface area contributed by atoms with Gasteiger partial charge in [-0.1, -0.05) is 71.7 Å². The second-order valence-corrected chi connectivity index (χ2v) is 15.4. The van der Waals surface area contributed by atoms with Gasteiger partial charge in [0.2, 0.25) is 5.91 Å². The van der Waals surface area contributed by atoms with E-state index in [0.29, 0.717) is 59.0 Å². The highest BCUT2D eigenvalue weighted by Crippen LogP contribution is 2.41. The van der Waals surface area contributed by atoms with Crippen LogP contribution in [0, 0.1) is 13.8 Å². The summed E-state index contributed by atoms with van der Waals surface area (Å²) in [6.07, 6.45) is 2.36. The van der Waals surface area contributed by atoms with E-state index >= 15 is 0 Å². The van der Waals surface area contributed by atoms with E-state index in [2.05, 4.69) is 41.5 Å². The number of carbonyl (C=O) groups excluding carboxylic acids is 2. The van der Waals surface area contributed by atoms with Gasteiger partial charge in [-0.05, 0) is 125 Å². The molecule has 2 aliphatic heterocycles. The van der Waals surface area contributed by atoms with Crippen molar-refractivity contribution >= 4 is 35.0 Å². The number of fused-ring (bicyclic) bond motifs is 2. The molecule has 0 saturated heterocycles. The molecule has 0 aliphatic carbocycles. The molecule has 2 amide bonds. The van der Waals surface area contributed by atoms with E-state index in [9.17, 15) is 14.7 Å². The van der Waals surface area contributed by atoms with Crippen LogP contribution in [0.5, 0.6) is 23.0 Å². The maximum Gasteiger partial charge on any atom is 0.254 e. The number of ether oxygens (including phenoxy) is 3. The topological polar surface area (TPSA) is 110 Å². The van der Waals surface area contributed by atoms with Crippen molar-refractivity contribution < 1.29 is 28.9 Å². The van der Waals surface area contributed by atoms with Crippen molar-refractivity contribution in [3.63, 3.8) is 0 Å². The number of hydrogen-bond donors (Lipinski definition) is 2. The molecule has 0 radical (unpaired) electrons. The lowest BCUT2D eigenvalue weighted by Gasteiger charge is -2.37. The van der Waals surface area contributed by atoms with Crippen LogP contribution in [0.15, 0.2) is 115 Å². The lowest BCUT2D eigenvalue weighted by molar-refractivity contribution is -0.126. The summed E-state index contributed by atoms with van der Waals surface area (Å²) in [5.41, 5.74) is 9.37. The highest BCUT2D eigenvalue weighted by Gasteiger charge is 2.37. The second kappa shape index (κ2) is 16.8. The van der Waals surface area contributed by atoms with Crippen LogP contribution >= 0.6 is 23.2 Å². The Hall–Kier alpha value is -6.03. The maximum absolute atomic E-state index is 14.0. The molecule has 2 N–H and O–H groups in total. The van der Waals surface area contributed by atoms with Crippen molar-refractivity contribution in [1.29, 1.82) is 0 Å². The Morgan fingerprint density at radius 1 is 0.879 bits per heavy atom. The molecule has 294 valence electrons. The molecule has 0 spiro atoms. The largest absolute Gasteiger partial charge is 0.508 e. The summed E-state index contributed by atoms with van der Waals surface area (Å²) >= 11 is 12.2. The molecular formula is C47H41Cl2N3O6. The number of aryl methyl sites for hydroxylation is 1. The molecule has 0 saturated carbocycles. The number of nitrogens with one attached hydrogen (secondary N) is 1. The van der Waals surface area contributed by atoms with Gasteiger partial charge in [0.25, 0.3) is 5.91 Å². The Labute approximate surface area is 347 Å². The van der Waals surface area contributed by atoms with Gasteiger partial charge in [0.1, 0.15) is 30.8 Å². The number of hydrogen-bond acceptors (Lipinski definition) is 7. The third-order valence-electron chi connectivity index (χ3n) is 10.8. The van der Waals surface area contributed by atoms with E-state index in [1.54, 1.807) is 29.2 Å². The molecule has 0 fully saturated rings. The highest BCUT2D eigenvalue weighted by molar-refractivity contribution is 6.42. The van der Waals surface area contributed by atoms with Gasteiger partial charge in [-0.2, -0.15) is 0 Å². The predicted octanol–water partition coefficient (Wildman–Crippen LogP) is 9.40. The summed E-state index contributed by atoms with van der Waals surface area (Å²) in [4.78, 5) is 33.9. The number of amides is 2. The van der Waals surface area contributed by atoms with Gasteiger partial charge in [0.15, 0.2) is 17.6 Å². The molecule has 9 nitrogen and oxygen atoms in total. The fourth-order valence-electron chi connectivity index (χ4n) is 7.39. The number of benzene rings is 5. The first kappa shape index (κ1) is 38.8. The minimum absolute atomic E-state index is 0.0266. The van der Waals surface area contributed by atoms with Crippen molar-refractivity contribution in [2.45, 2.75) is 52.0 Å². The standard InChI is InChI=1S/C47H41Cl2N3O6/c1-28-29(2)50-19-17-39(28)32-9-6-30(7-10-32)16-18-51-46(54)42-22-35-23-43-44(24-36(35)25-52(42)47(55)34-4-3-5-37(53)21-34)58-45(27-57-43)33-11-13-38(14-12-33)56-26-31-8-15-40(48)41(49)20-31/h3-15,17,19-21,23-24,42,45,53H,16,18,22,25-27H2,1-2H3,(H,51,54). The monoisotopic (exact) mass is 813 g/mol. The first-order valence-corrected chi connectivity index (χ1v) is 19.9. The molecule has 1 aromatic heterocycles. The maximum atomic E-state index is 14.0. The molecular weight excluding hydrogens is 773 g/mol. The zero-order chi connectivity index (χ0) is 40.3. The van der Waals surface area contributed by atoms with Gasteiger partial charge in [-0.3, -0.25) is 14.6 Å². The summed E-state index contributed by atoms with van der Waals surface area (Å²) in [5, 5.41) is 14.2. The molecule has 3 heterocycles. The van der Waals surface area contributed by atoms with Gasteiger partial charge in [0.05, 0.1) is 10.0 Å². The van der Waals surface area contributed by atoms with Crippen LogP contribution in [0.1, 0.15) is 55.5 Å². The zero-order valence-corrected chi connectivity index (χ0v) is 33.5. The molecule has 2 aliphatic rings. The van der Waals surface area contributed by atoms with Crippen LogP contribution in [-0.2, 0) is 30.8 Å². The Morgan fingerprint density at radius 2 is 1.66 bits per heavy atom. The zero-order valence-electron chi connectivity index (χ0n) is 32.0. The third kappa shape index (κ3) is 8.47. The molecule has 5 aromatic carbocycles. The molecule has 11 heteroatoms. The number of carbonyl (C=O) groups is 2. The van der Waals surface area contributed by atoms with E-state index in [1.807, 2.05) is 61.7 Å². The number of aromatic hydroxyl groups is 1. The van der Waals surface area contributed by atoms with Crippen molar-refractivity contribution in [3.8, 4) is 34.1 Å². The average Bonchev–Trinajstić information content (AvgIpc) is 3.24. The number of phenolic OH excluding ortho intramolecular Hbond substituents is 1. The van der Waals surface area contributed by atoms with Crippen molar-refractivity contribution in [3.05, 3.63) is 170 Å². The molecule has 0 bridgehead atoms. The predicted molar refractivity (Wildman–Crippen MR) is 224 cm³/mol. The molecule has 6 aromatic rings. The van der Waals surface area contributed by atoms with Crippen LogP contribution in [0.25, 0.3) is 11.1 Å². The van der Waals surface area contributed by atoms with E-state index in [-0.39, 0.29) is 36.6 Å². The Balaban J connectivity index is 0.951. The van der Waals surface area contributed by atoms with Crippen LogP contribution in [0.2, 0.25) is 10.0 Å². The summed E-state index contributed by atoms with van der Waals surface area (Å²) < 4.78 is 18.7. The quantitative estimate of drug-likeness (QED) is 0.142. The van der Waals surface area contributed by atoms with Gasteiger partial charge in [-0.25, -0.2) is 0 Å². The average molecular weight is 815 g/mol. The molecule has 8 rings (SSSR count). The van der Waals surface area contributed by atoms with Gasteiger partial charge < -0.3 is 29.5 Å². The number of pyridine rings is 1. The first-order chi connectivity index (χ1) is 28.1. The first-order valence-electron chi connectivity index (χ1n) is 19.1. The van der Waals surface area contributed by atoms with Crippen molar-refractivity contribution in [2.24, 2.45) is 0 Å². The van der Waals surface area contributed by atoms with Crippen LogP contribution in [-0.4, -0.2) is 46.0 Å². The van der Waals surface area contributed by atoms with E-state index in [4.69, 9.17) is 37.4 Å². The normalized spacial score (nSPS) is 15.7. The van der Waals surface area contributed by atoms with Crippen molar-refractivity contribution in [2.75, 3.05) is 13.2 Å². The minimum atomic E-state index is -0.782. The smallest absolute Gasteiger partial charge is 0.254 e. The lowest BCUT2D eigenvalue weighted by Crippen LogP contribution is -2.52. The SMILES string of the molecule is Cc1nccc(-c2ccc(CCNC(=O)C3Cc4cc5c(cc4CN3C(=O)c3cccc(O)c3)OC(c3ccc(OCc4ccc(Cl)c(Cl)c4)cc3)CO5)cc2)c1C. The van der Waals surface area contributed by atoms with Gasteiger partial charge in [0, 0.05) is 37.0 Å². The lowest BCUT2D eigenvalue weighted by atomic mass is 9.91. The van der Waals surface area contributed by atoms with E-state index in [1.165, 1.54) is 12.1 Å². The number of aromatic nitrogens is 1. The van der Waals surface area contributed by atoms with E-state index < -0.39 is 6.04 Å². The Kier molecular flexibility index (Phi) is 11.3. The van der Waals surface area contributed by atoms with E-state index in [0.717, 1.165) is 50.2 Å². The molecule has 2 unspecified atom stereocenters. The third-order valence-corrected chi connectivity index (χ3v) is 11.5. The minimum Gasteiger partial charge on any atom is -0.508 e. The fourth-order valence-corrected chi connectivity index (χ4v) is 7.72.